The van der Waals surface area contributed by atoms with Crippen molar-refractivity contribution >= 4 is 29.4 Å². The number of carbonyl (C=O) groups excluding carboxylic acids is 1. The van der Waals surface area contributed by atoms with Gasteiger partial charge in [0, 0.05) is 17.2 Å². The van der Waals surface area contributed by atoms with Crippen molar-refractivity contribution in [3.63, 3.8) is 0 Å². The van der Waals surface area contributed by atoms with Gasteiger partial charge in [0.15, 0.2) is 4.80 Å². The topological polar surface area (TPSA) is 120 Å². The summed E-state index contributed by atoms with van der Waals surface area (Å²) < 4.78 is 18.7. The SMILES string of the molecule is CCOC(=O)C1=C(C)N=c2s/c(=C/c3ccc(-c4ccc(C(=O)O)cc4)o3)c(=O)n2C1c1ccccc1OC. The number of aromatic nitrogens is 1. The van der Waals surface area contributed by atoms with E-state index in [4.69, 9.17) is 19.0 Å². The van der Waals surface area contributed by atoms with E-state index in [2.05, 4.69) is 4.99 Å². The number of ether oxygens (including phenoxy) is 2. The molecule has 0 bridgehead atoms. The van der Waals surface area contributed by atoms with Gasteiger partial charge in [-0.15, -0.1) is 0 Å². The maximum Gasteiger partial charge on any atom is 0.338 e. The third-order valence-corrected chi connectivity index (χ3v) is 7.25. The monoisotopic (exact) mass is 544 g/mol. The Balaban J connectivity index is 1.62. The molecule has 0 aliphatic carbocycles. The zero-order valence-corrected chi connectivity index (χ0v) is 22.2. The van der Waals surface area contributed by atoms with E-state index in [0.717, 1.165) is 0 Å². The fraction of sp³-hybridized carbons (Fsp3) is 0.172. The second-order valence-corrected chi connectivity index (χ2v) is 9.64. The summed E-state index contributed by atoms with van der Waals surface area (Å²) in [6.45, 7) is 3.62. The van der Waals surface area contributed by atoms with Gasteiger partial charge in [0.2, 0.25) is 0 Å². The maximum absolute atomic E-state index is 13.8. The largest absolute Gasteiger partial charge is 0.496 e. The van der Waals surface area contributed by atoms with Crippen LogP contribution in [0.4, 0.5) is 0 Å². The molecule has 1 unspecified atom stereocenters. The van der Waals surface area contributed by atoms with Gasteiger partial charge in [0.1, 0.15) is 23.3 Å². The number of para-hydroxylation sites is 1. The lowest BCUT2D eigenvalue weighted by atomic mass is 9.95. The lowest BCUT2D eigenvalue weighted by Crippen LogP contribution is -2.40. The van der Waals surface area contributed by atoms with Crippen molar-refractivity contribution in [2.75, 3.05) is 13.7 Å². The number of allylic oxidation sites excluding steroid dienone is 1. The Morgan fingerprint density at radius 3 is 2.56 bits per heavy atom. The average Bonchev–Trinajstić information content (AvgIpc) is 3.52. The first-order valence-corrected chi connectivity index (χ1v) is 12.9. The molecule has 0 saturated carbocycles. The molecule has 0 spiro atoms. The number of fused-ring (bicyclic) bond motifs is 1. The molecule has 39 heavy (non-hydrogen) atoms. The van der Waals surface area contributed by atoms with Crippen molar-refractivity contribution in [3.05, 3.63) is 109 Å². The number of methoxy groups -OCH3 is 1. The number of furan rings is 1. The summed E-state index contributed by atoms with van der Waals surface area (Å²) in [7, 11) is 1.53. The number of esters is 1. The van der Waals surface area contributed by atoms with Crippen LogP contribution in [0.1, 0.15) is 41.6 Å². The van der Waals surface area contributed by atoms with Gasteiger partial charge in [-0.05, 0) is 44.2 Å². The molecule has 1 aliphatic rings. The molecule has 4 aromatic rings. The molecule has 2 aromatic carbocycles. The number of aromatic carboxylic acids is 1. The minimum Gasteiger partial charge on any atom is -0.496 e. The molecule has 0 radical (unpaired) electrons. The van der Waals surface area contributed by atoms with E-state index in [9.17, 15) is 14.4 Å². The fourth-order valence-electron chi connectivity index (χ4n) is 4.47. The first-order chi connectivity index (χ1) is 18.8. The van der Waals surface area contributed by atoms with Crippen LogP contribution in [0.3, 0.4) is 0 Å². The molecule has 0 saturated heterocycles. The maximum atomic E-state index is 13.8. The van der Waals surface area contributed by atoms with Crippen LogP contribution < -0.4 is 19.6 Å². The smallest absolute Gasteiger partial charge is 0.338 e. The van der Waals surface area contributed by atoms with E-state index >= 15 is 0 Å². The summed E-state index contributed by atoms with van der Waals surface area (Å²) in [6.07, 6.45) is 1.63. The Morgan fingerprint density at radius 2 is 1.87 bits per heavy atom. The van der Waals surface area contributed by atoms with Crippen LogP contribution in [0.5, 0.6) is 5.75 Å². The van der Waals surface area contributed by atoms with Gasteiger partial charge < -0.3 is 19.0 Å². The highest BCUT2D eigenvalue weighted by Crippen LogP contribution is 2.35. The molecule has 5 rings (SSSR count). The van der Waals surface area contributed by atoms with Crippen molar-refractivity contribution < 1.29 is 28.6 Å². The predicted molar refractivity (Wildman–Crippen MR) is 144 cm³/mol. The third kappa shape index (κ3) is 4.82. The van der Waals surface area contributed by atoms with Gasteiger partial charge in [0.05, 0.1) is 35.1 Å². The molecule has 1 atom stereocenters. The quantitative estimate of drug-likeness (QED) is 0.352. The van der Waals surface area contributed by atoms with Crippen LogP contribution in [0.25, 0.3) is 17.4 Å². The molecular weight excluding hydrogens is 520 g/mol. The molecule has 1 N–H and O–H groups in total. The van der Waals surface area contributed by atoms with Gasteiger partial charge >= 0.3 is 11.9 Å². The highest BCUT2D eigenvalue weighted by molar-refractivity contribution is 7.07. The normalized spacial score (nSPS) is 15.1. The number of carbonyl (C=O) groups is 2. The average molecular weight is 545 g/mol. The Kier molecular flexibility index (Phi) is 7.03. The molecule has 1 aliphatic heterocycles. The molecule has 198 valence electrons. The Labute approximate surface area is 226 Å². The summed E-state index contributed by atoms with van der Waals surface area (Å²) in [5.41, 5.74) is 1.90. The number of hydrogen-bond acceptors (Lipinski definition) is 8. The predicted octanol–water partition coefficient (Wildman–Crippen LogP) is 3.77. The van der Waals surface area contributed by atoms with Gasteiger partial charge in [-0.25, -0.2) is 14.6 Å². The van der Waals surface area contributed by atoms with Gasteiger partial charge in [-0.2, -0.15) is 0 Å². The summed E-state index contributed by atoms with van der Waals surface area (Å²) in [6, 6.07) is 16.2. The number of carboxylic acid groups (broad SMARTS) is 1. The fourth-order valence-corrected chi connectivity index (χ4v) is 5.50. The van der Waals surface area contributed by atoms with Crippen LogP contribution >= 0.6 is 11.3 Å². The molecule has 0 amide bonds. The second kappa shape index (κ2) is 10.6. The van der Waals surface area contributed by atoms with E-state index in [1.807, 2.05) is 18.2 Å². The number of benzene rings is 2. The highest BCUT2D eigenvalue weighted by Gasteiger charge is 2.35. The van der Waals surface area contributed by atoms with E-state index in [1.54, 1.807) is 50.3 Å². The molecule has 10 heteroatoms. The number of hydrogen-bond donors (Lipinski definition) is 1. The van der Waals surface area contributed by atoms with E-state index in [-0.39, 0.29) is 23.3 Å². The zero-order valence-electron chi connectivity index (χ0n) is 21.3. The van der Waals surface area contributed by atoms with Crippen LogP contribution in [-0.2, 0) is 9.53 Å². The molecule has 0 fully saturated rings. The number of carboxylic acids is 1. The van der Waals surface area contributed by atoms with E-state index < -0.39 is 18.0 Å². The van der Waals surface area contributed by atoms with Gasteiger partial charge in [-0.3, -0.25) is 9.36 Å². The Morgan fingerprint density at radius 1 is 1.13 bits per heavy atom. The van der Waals surface area contributed by atoms with E-state index in [1.165, 1.54) is 35.1 Å². The van der Waals surface area contributed by atoms with Crippen molar-refractivity contribution in [2.24, 2.45) is 4.99 Å². The summed E-state index contributed by atoms with van der Waals surface area (Å²) >= 11 is 1.19. The molecular formula is C29H24N2O7S. The van der Waals surface area contributed by atoms with Gasteiger partial charge in [0.25, 0.3) is 5.56 Å². The van der Waals surface area contributed by atoms with Crippen LogP contribution in [-0.4, -0.2) is 35.3 Å². The Bertz CT molecular complexity index is 1790. The summed E-state index contributed by atoms with van der Waals surface area (Å²) in [4.78, 5) is 43.0. The standard InChI is InChI=1S/C29H24N2O7S/c1-4-37-28(35)24-16(2)30-29-31(25(24)20-7-5-6-8-22(20)36-3)26(32)23(39-29)15-19-13-14-21(38-19)17-9-11-18(12-10-17)27(33)34/h5-15,25H,4H2,1-3H3,(H,33,34)/b23-15+. The molecule has 9 nitrogen and oxygen atoms in total. The van der Waals surface area contributed by atoms with Crippen molar-refractivity contribution in [1.82, 2.24) is 4.57 Å². The molecule has 2 aromatic heterocycles. The first-order valence-electron chi connectivity index (χ1n) is 12.1. The van der Waals surface area contributed by atoms with Crippen molar-refractivity contribution in [2.45, 2.75) is 19.9 Å². The summed E-state index contributed by atoms with van der Waals surface area (Å²) in [5, 5.41) is 9.12. The third-order valence-electron chi connectivity index (χ3n) is 6.27. The van der Waals surface area contributed by atoms with E-state index in [0.29, 0.717) is 43.4 Å². The first kappa shape index (κ1) is 25.9. The van der Waals surface area contributed by atoms with Crippen LogP contribution in [0.15, 0.2) is 86.1 Å². The Hall–Kier alpha value is -4.70. The lowest BCUT2D eigenvalue weighted by molar-refractivity contribution is -0.139. The number of rotatable bonds is 7. The second-order valence-electron chi connectivity index (χ2n) is 8.63. The minimum atomic E-state index is -1.01. The van der Waals surface area contributed by atoms with Crippen molar-refractivity contribution in [3.8, 4) is 17.1 Å². The molecule has 3 heterocycles. The zero-order chi connectivity index (χ0) is 27.7. The van der Waals surface area contributed by atoms with Crippen LogP contribution in [0.2, 0.25) is 0 Å². The number of nitrogens with zero attached hydrogens (tertiary/aromatic N) is 2. The van der Waals surface area contributed by atoms with Crippen molar-refractivity contribution in [1.29, 1.82) is 0 Å². The highest BCUT2D eigenvalue weighted by atomic mass is 32.1. The van der Waals surface area contributed by atoms with Gasteiger partial charge in [-0.1, -0.05) is 41.7 Å². The minimum absolute atomic E-state index is 0.175. The number of thiazole rings is 1. The summed E-state index contributed by atoms with van der Waals surface area (Å²) in [5.74, 6) is -0.0670. The van der Waals surface area contributed by atoms with Crippen LogP contribution in [0, 0.1) is 0 Å². The lowest BCUT2D eigenvalue weighted by Gasteiger charge is -2.25.